The van der Waals surface area contributed by atoms with Crippen LogP contribution in [0.2, 0.25) is 5.02 Å². The molecule has 0 aliphatic carbocycles. The second-order valence-electron chi connectivity index (χ2n) is 6.14. The van der Waals surface area contributed by atoms with Gasteiger partial charge in [0, 0.05) is 36.1 Å². The molecule has 1 heterocycles. The highest BCUT2D eigenvalue weighted by Crippen LogP contribution is 2.22. The van der Waals surface area contributed by atoms with Gasteiger partial charge in [-0.2, -0.15) is 0 Å². The first-order valence-electron chi connectivity index (χ1n) is 7.88. The van der Waals surface area contributed by atoms with E-state index >= 15 is 0 Å². The summed E-state index contributed by atoms with van der Waals surface area (Å²) in [7, 11) is 0. The Morgan fingerprint density at radius 3 is 2.52 bits per heavy atom. The van der Waals surface area contributed by atoms with Gasteiger partial charge in [0.15, 0.2) is 5.78 Å². The first-order valence-corrected chi connectivity index (χ1v) is 8.26. The van der Waals surface area contributed by atoms with Crippen molar-refractivity contribution in [3.05, 3.63) is 76.3 Å². The molecule has 0 bridgehead atoms. The largest absolute Gasteiger partial charge is 0.294 e. The van der Waals surface area contributed by atoms with Crippen LogP contribution in [0.4, 0.5) is 0 Å². The molecule has 2 aromatic rings. The summed E-state index contributed by atoms with van der Waals surface area (Å²) in [6.07, 6.45) is 1.99. The number of hydrogen-bond acceptors (Lipinski definition) is 2. The summed E-state index contributed by atoms with van der Waals surface area (Å²) in [6.45, 7) is 4.39. The predicted octanol–water partition coefficient (Wildman–Crippen LogP) is 4.44. The fourth-order valence-corrected chi connectivity index (χ4v) is 3.14. The third kappa shape index (κ3) is 4.10. The highest BCUT2D eigenvalue weighted by molar-refractivity contribution is 6.30. The van der Waals surface area contributed by atoms with E-state index in [9.17, 15) is 4.79 Å². The molecule has 0 saturated carbocycles. The van der Waals surface area contributed by atoms with E-state index in [1.165, 1.54) is 5.56 Å². The first kappa shape index (κ1) is 16.0. The molecule has 1 aliphatic rings. The summed E-state index contributed by atoms with van der Waals surface area (Å²) in [6, 6.07) is 18.0. The van der Waals surface area contributed by atoms with Crippen molar-refractivity contribution in [1.82, 2.24) is 4.90 Å². The monoisotopic (exact) mass is 325 g/mol. The Labute approximate surface area is 142 Å². The normalized spacial score (nSPS) is 20.9. The van der Waals surface area contributed by atoms with Gasteiger partial charge in [-0.05, 0) is 29.3 Å². The van der Waals surface area contributed by atoms with E-state index in [4.69, 9.17) is 11.6 Å². The summed E-state index contributed by atoms with van der Waals surface area (Å²) in [5.41, 5.74) is 3.17. The second-order valence-corrected chi connectivity index (χ2v) is 6.58. The molecule has 0 amide bonds. The zero-order chi connectivity index (χ0) is 16.2. The molecular weight excluding hydrogens is 306 g/mol. The Kier molecular flexibility index (Phi) is 4.94. The van der Waals surface area contributed by atoms with Gasteiger partial charge in [0.1, 0.15) is 0 Å². The van der Waals surface area contributed by atoms with Crippen molar-refractivity contribution in [3.8, 4) is 0 Å². The van der Waals surface area contributed by atoms with Gasteiger partial charge in [-0.25, -0.2) is 0 Å². The van der Waals surface area contributed by atoms with Crippen molar-refractivity contribution < 1.29 is 4.79 Å². The Bertz CT molecular complexity index is 706. The smallest absolute Gasteiger partial charge is 0.164 e. The lowest BCUT2D eigenvalue weighted by Crippen LogP contribution is -2.40. The predicted molar refractivity (Wildman–Crippen MR) is 95.3 cm³/mol. The number of Topliss-reactive ketones (excluding diaryl/α,β-unsaturated/α-hetero) is 1. The lowest BCUT2D eigenvalue weighted by atomic mass is 9.92. The fraction of sp³-hybridized carbons (Fsp3) is 0.250. The second kappa shape index (κ2) is 7.12. The fourth-order valence-electron chi connectivity index (χ4n) is 3.01. The van der Waals surface area contributed by atoms with Crippen LogP contribution in [0, 0.1) is 5.92 Å². The zero-order valence-corrected chi connectivity index (χ0v) is 14.0. The van der Waals surface area contributed by atoms with Gasteiger partial charge in [-0.15, -0.1) is 0 Å². The van der Waals surface area contributed by atoms with E-state index in [1.807, 2.05) is 43.3 Å². The van der Waals surface area contributed by atoms with E-state index < -0.39 is 0 Å². The van der Waals surface area contributed by atoms with Crippen molar-refractivity contribution in [2.75, 3.05) is 13.1 Å². The minimum absolute atomic E-state index is 0.0333. The maximum absolute atomic E-state index is 12.5. The molecule has 0 N–H and O–H groups in total. The number of likely N-dealkylation sites (tertiary alicyclic amines) is 1. The van der Waals surface area contributed by atoms with Crippen LogP contribution >= 0.6 is 11.6 Å². The van der Waals surface area contributed by atoms with E-state index in [1.54, 1.807) is 0 Å². The van der Waals surface area contributed by atoms with Gasteiger partial charge in [0.2, 0.25) is 0 Å². The van der Waals surface area contributed by atoms with Gasteiger partial charge >= 0.3 is 0 Å². The van der Waals surface area contributed by atoms with Crippen LogP contribution in [0.5, 0.6) is 0 Å². The summed E-state index contributed by atoms with van der Waals surface area (Å²) < 4.78 is 0. The summed E-state index contributed by atoms with van der Waals surface area (Å²) in [5, 5.41) is 0.709. The molecule has 1 unspecified atom stereocenters. The van der Waals surface area contributed by atoms with Crippen LogP contribution in [0.15, 0.2) is 60.2 Å². The van der Waals surface area contributed by atoms with E-state index in [0.717, 1.165) is 24.2 Å². The van der Waals surface area contributed by atoms with Gasteiger partial charge in [0.25, 0.3) is 0 Å². The average Bonchev–Trinajstić information content (AvgIpc) is 2.55. The van der Waals surface area contributed by atoms with Crippen LogP contribution in [0.25, 0.3) is 6.08 Å². The van der Waals surface area contributed by atoms with Gasteiger partial charge < -0.3 is 0 Å². The molecule has 1 saturated heterocycles. The highest BCUT2D eigenvalue weighted by atomic mass is 35.5. The molecule has 0 aromatic heterocycles. The lowest BCUT2D eigenvalue weighted by molar-refractivity contribution is -0.121. The number of piperidine rings is 1. The van der Waals surface area contributed by atoms with E-state index in [0.29, 0.717) is 11.6 Å². The Morgan fingerprint density at radius 2 is 1.83 bits per heavy atom. The molecular formula is C20H20ClNO. The van der Waals surface area contributed by atoms with Crippen molar-refractivity contribution in [2.24, 2.45) is 5.92 Å². The third-order valence-corrected chi connectivity index (χ3v) is 4.40. The zero-order valence-electron chi connectivity index (χ0n) is 13.2. The Balaban J connectivity index is 1.79. The summed E-state index contributed by atoms with van der Waals surface area (Å²) in [4.78, 5) is 14.8. The minimum Gasteiger partial charge on any atom is -0.294 e. The van der Waals surface area contributed by atoms with Crippen molar-refractivity contribution in [2.45, 2.75) is 13.5 Å². The number of carbonyl (C=O) groups excluding carboxylic acids is 1. The first-order chi connectivity index (χ1) is 11.1. The quantitative estimate of drug-likeness (QED) is 0.777. The van der Waals surface area contributed by atoms with Gasteiger partial charge in [-0.3, -0.25) is 9.69 Å². The third-order valence-electron chi connectivity index (χ3n) is 4.15. The number of benzene rings is 2. The van der Waals surface area contributed by atoms with Gasteiger partial charge in [-0.1, -0.05) is 61.0 Å². The van der Waals surface area contributed by atoms with Crippen LogP contribution < -0.4 is 0 Å². The molecule has 1 aliphatic heterocycles. The molecule has 2 nitrogen and oxygen atoms in total. The number of halogens is 1. The molecule has 1 atom stereocenters. The molecule has 118 valence electrons. The molecule has 3 heteroatoms. The minimum atomic E-state index is 0.0333. The van der Waals surface area contributed by atoms with Crippen LogP contribution in [-0.4, -0.2) is 23.8 Å². The molecule has 3 rings (SSSR count). The average molecular weight is 326 g/mol. The van der Waals surface area contributed by atoms with Crippen molar-refractivity contribution in [3.63, 3.8) is 0 Å². The summed E-state index contributed by atoms with van der Waals surface area (Å²) in [5.74, 6) is 0.287. The SMILES string of the molecule is CC1CN(Cc2ccccc2)C/C(=C\c2ccc(Cl)cc2)C1=O. The number of nitrogens with zero attached hydrogens (tertiary/aromatic N) is 1. The highest BCUT2D eigenvalue weighted by Gasteiger charge is 2.27. The molecule has 0 radical (unpaired) electrons. The maximum Gasteiger partial charge on any atom is 0.164 e. The van der Waals surface area contributed by atoms with Crippen molar-refractivity contribution >= 4 is 23.5 Å². The molecule has 0 spiro atoms. The maximum atomic E-state index is 12.5. The van der Waals surface area contributed by atoms with Crippen LogP contribution in [0.3, 0.4) is 0 Å². The topological polar surface area (TPSA) is 20.3 Å². The van der Waals surface area contributed by atoms with E-state index in [2.05, 4.69) is 29.2 Å². The Morgan fingerprint density at radius 1 is 1.13 bits per heavy atom. The van der Waals surface area contributed by atoms with Gasteiger partial charge in [0.05, 0.1) is 0 Å². The van der Waals surface area contributed by atoms with Crippen LogP contribution in [-0.2, 0) is 11.3 Å². The Hall–Kier alpha value is -1.90. The molecule has 1 fully saturated rings. The number of carbonyl (C=O) groups is 1. The summed E-state index contributed by atoms with van der Waals surface area (Å²) >= 11 is 5.92. The lowest BCUT2D eigenvalue weighted by Gasteiger charge is -2.31. The van der Waals surface area contributed by atoms with Crippen molar-refractivity contribution in [1.29, 1.82) is 0 Å². The van der Waals surface area contributed by atoms with E-state index in [-0.39, 0.29) is 11.7 Å². The number of hydrogen-bond donors (Lipinski definition) is 0. The standard InChI is InChI=1S/C20H20ClNO/c1-15-12-22(13-17-5-3-2-4-6-17)14-18(20(15)23)11-16-7-9-19(21)10-8-16/h2-11,15H,12-14H2,1H3/b18-11+. The molecule has 23 heavy (non-hydrogen) atoms. The number of ketones is 1. The van der Waals surface area contributed by atoms with Crippen LogP contribution in [0.1, 0.15) is 18.1 Å². The number of rotatable bonds is 3. The molecule has 2 aromatic carbocycles.